The van der Waals surface area contributed by atoms with Crippen molar-refractivity contribution in [1.82, 2.24) is 10.2 Å². The molecule has 0 aliphatic carbocycles. The Labute approximate surface area is 159 Å². The molecule has 0 spiro atoms. The summed E-state index contributed by atoms with van der Waals surface area (Å²) in [5, 5.41) is 13.0. The molecule has 1 aromatic heterocycles. The minimum atomic E-state index is -0.822. The molecule has 2 amide bonds. The van der Waals surface area contributed by atoms with Crippen molar-refractivity contribution in [2.24, 2.45) is 11.8 Å². The van der Waals surface area contributed by atoms with Gasteiger partial charge in [-0.15, -0.1) is 11.3 Å². The van der Waals surface area contributed by atoms with Crippen LogP contribution in [0.5, 0.6) is 0 Å². The fourth-order valence-electron chi connectivity index (χ4n) is 3.25. The summed E-state index contributed by atoms with van der Waals surface area (Å²) in [6.07, 6.45) is 0.429. The Bertz CT molecular complexity index is 866. The molecule has 6 nitrogen and oxygen atoms in total. The van der Waals surface area contributed by atoms with Gasteiger partial charge in [0.25, 0.3) is 5.91 Å². The smallest absolute Gasteiger partial charge is 0.306 e. The molecule has 2 N–H and O–H groups in total. The van der Waals surface area contributed by atoms with E-state index in [-0.39, 0.29) is 24.3 Å². The molecule has 1 fully saturated rings. The van der Waals surface area contributed by atoms with Crippen molar-refractivity contribution in [1.29, 1.82) is 0 Å². The number of fused-ring (bicyclic) bond motifs is 1. The van der Waals surface area contributed by atoms with Crippen LogP contribution in [0.4, 0.5) is 0 Å². The van der Waals surface area contributed by atoms with Crippen molar-refractivity contribution >= 4 is 50.8 Å². The maximum atomic E-state index is 12.4. The zero-order valence-corrected chi connectivity index (χ0v) is 15.8. The van der Waals surface area contributed by atoms with Crippen LogP contribution in [0.3, 0.4) is 0 Å². The van der Waals surface area contributed by atoms with Crippen LogP contribution < -0.4 is 5.32 Å². The van der Waals surface area contributed by atoms with Gasteiger partial charge in [0, 0.05) is 23.2 Å². The van der Waals surface area contributed by atoms with Crippen LogP contribution in [0, 0.1) is 11.8 Å². The molecule has 1 saturated heterocycles. The van der Waals surface area contributed by atoms with Gasteiger partial charge in [0.05, 0.1) is 17.5 Å². The highest BCUT2D eigenvalue weighted by atomic mass is 35.5. The highest BCUT2D eigenvalue weighted by Gasteiger charge is 2.33. The van der Waals surface area contributed by atoms with E-state index in [4.69, 9.17) is 16.7 Å². The molecule has 1 aliphatic rings. The standard InChI is InChI=1S/C18H19ClN2O4S/c1-10-9-21(7-6-11(10)18(24)25)14(22)8-20-17(23)16-15(19)12-4-2-3-5-13(12)26-16/h2-5,10-11H,6-9H2,1H3,(H,20,23)(H,24,25). The maximum absolute atomic E-state index is 12.4. The molecule has 2 atom stereocenters. The fourth-order valence-corrected chi connectivity index (χ4v) is 4.68. The minimum Gasteiger partial charge on any atom is -0.481 e. The van der Waals surface area contributed by atoms with E-state index < -0.39 is 11.9 Å². The number of likely N-dealkylation sites (tertiary alicyclic amines) is 1. The third-order valence-electron chi connectivity index (χ3n) is 4.72. The second-order valence-corrected chi connectivity index (χ2v) is 7.90. The van der Waals surface area contributed by atoms with Crippen molar-refractivity contribution in [3.8, 4) is 0 Å². The van der Waals surface area contributed by atoms with Gasteiger partial charge in [-0.25, -0.2) is 0 Å². The van der Waals surface area contributed by atoms with Gasteiger partial charge in [-0.1, -0.05) is 36.7 Å². The lowest BCUT2D eigenvalue weighted by atomic mass is 9.87. The third-order valence-corrected chi connectivity index (χ3v) is 6.39. The van der Waals surface area contributed by atoms with E-state index in [1.165, 1.54) is 11.3 Å². The van der Waals surface area contributed by atoms with Crippen molar-refractivity contribution in [3.63, 3.8) is 0 Å². The Kier molecular flexibility index (Phi) is 5.48. The number of halogens is 1. The second-order valence-electron chi connectivity index (χ2n) is 6.47. The average molecular weight is 395 g/mol. The molecular formula is C18H19ClN2O4S. The summed E-state index contributed by atoms with van der Waals surface area (Å²) in [6.45, 7) is 2.47. The van der Waals surface area contributed by atoms with Crippen molar-refractivity contribution in [3.05, 3.63) is 34.2 Å². The highest BCUT2D eigenvalue weighted by Crippen LogP contribution is 2.35. The number of carbonyl (C=O) groups excluding carboxylic acids is 2. The first-order valence-corrected chi connectivity index (χ1v) is 9.53. The average Bonchev–Trinajstić information content (AvgIpc) is 2.96. The Morgan fingerprint density at radius 1 is 1.35 bits per heavy atom. The van der Waals surface area contributed by atoms with Gasteiger partial charge in [-0.2, -0.15) is 0 Å². The molecular weight excluding hydrogens is 376 g/mol. The van der Waals surface area contributed by atoms with Gasteiger partial charge >= 0.3 is 5.97 Å². The lowest BCUT2D eigenvalue weighted by Crippen LogP contribution is -2.48. The van der Waals surface area contributed by atoms with Gasteiger partial charge in [-0.05, 0) is 18.4 Å². The summed E-state index contributed by atoms with van der Waals surface area (Å²) in [7, 11) is 0. The summed E-state index contributed by atoms with van der Waals surface area (Å²) in [5.41, 5.74) is 0. The number of hydrogen-bond acceptors (Lipinski definition) is 4. The number of rotatable bonds is 4. The Morgan fingerprint density at radius 2 is 2.08 bits per heavy atom. The van der Waals surface area contributed by atoms with Gasteiger partial charge in [0.1, 0.15) is 4.88 Å². The zero-order valence-electron chi connectivity index (χ0n) is 14.2. The number of hydrogen-bond donors (Lipinski definition) is 2. The van der Waals surface area contributed by atoms with Gasteiger partial charge in [0.15, 0.2) is 0 Å². The number of aliphatic carboxylic acids is 1. The largest absolute Gasteiger partial charge is 0.481 e. The predicted octanol–water partition coefficient (Wildman–Crippen LogP) is 2.85. The summed E-state index contributed by atoms with van der Waals surface area (Å²) in [5.74, 6) is -1.95. The lowest BCUT2D eigenvalue weighted by Gasteiger charge is -2.35. The molecule has 1 aromatic carbocycles. The first-order chi connectivity index (χ1) is 12.4. The summed E-state index contributed by atoms with van der Waals surface area (Å²) >= 11 is 7.57. The molecule has 0 bridgehead atoms. The lowest BCUT2D eigenvalue weighted by molar-refractivity contribution is -0.148. The van der Waals surface area contributed by atoms with E-state index in [2.05, 4.69) is 5.32 Å². The van der Waals surface area contributed by atoms with Crippen LogP contribution in [0.1, 0.15) is 23.0 Å². The van der Waals surface area contributed by atoms with Crippen LogP contribution in [-0.2, 0) is 9.59 Å². The van der Waals surface area contributed by atoms with Crippen molar-refractivity contribution < 1.29 is 19.5 Å². The van der Waals surface area contributed by atoms with Crippen molar-refractivity contribution in [2.45, 2.75) is 13.3 Å². The zero-order chi connectivity index (χ0) is 18.8. The molecule has 2 heterocycles. The molecule has 2 unspecified atom stereocenters. The highest BCUT2D eigenvalue weighted by molar-refractivity contribution is 7.21. The number of carbonyl (C=O) groups is 3. The molecule has 26 heavy (non-hydrogen) atoms. The first kappa shape index (κ1) is 18.7. The number of piperidine rings is 1. The second kappa shape index (κ2) is 7.63. The number of nitrogens with one attached hydrogen (secondary N) is 1. The maximum Gasteiger partial charge on any atom is 0.306 e. The number of benzene rings is 1. The molecule has 3 rings (SSSR count). The number of amides is 2. The van der Waals surface area contributed by atoms with E-state index in [1.807, 2.05) is 31.2 Å². The van der Waals surface area contributed by atoms with E-state index in [0.717, 1.165) is 10.1 Å². The normalized spacial score (nSPS) is 20.2. The monoisotopic (exact) mass is 394 g/mol. The number of nitrogens with zero attached hydrogens (tertiary/aromatic N) is 1. The van der Waals surface area contributed by atoms with Crippen LogP contribution in [0.25, 0.3) is 10.1 Å². The number of thiophene rings is 1. The Hall–Kier alpha value is -2.12. The minimum absolute atomic E-state index is 0.113. The molecule has 2 aromatic rings. The Morgan fingerprint density at radius 3 is 2.73 bits per heavy atom. The number of carboxylic acids is 1. The van der Waals surface area contributed by atoms with Crippen LogP contribution >= 0.6 is 22.9 Å². The molecule has 138 valence electrons. The van der Waals surface area contributed by atoms with Gasteiger partial charge in [0.2, 0.25) is 5.91 Å². The quantitative estimate of drug-likeness (QED) is 0.834. The third kappa shape index (κ3) is 3.68. The fraction of sp³-hybridized carbons (Fsp3) is 0.389. The van der Waals surface area contributed by atoms with Crippen LogP contribution in [0.15, 0.2) is 24.3 Å². The van der Waals surface area contributed by atoms with E-state index in [9.17, 15) is 14.4 Å². The molecule has 8 heteroatoms. The van der Waals surface area contributed by atoms with Crippen LogP contribution in [-0.4, -0.2) is 47.4 Å². The number of carboxylic acid groups (broad SMARTS) is 1. The van der Waals surface area contributed by atoms with E-state index in [0.29, 0.717) is 29.4 Å². The first-order valence-electron chi connectivity index (χ1n) is 8.34. The SMILES string of the molecule is CC1CN(C(=O)CNC(=O)c2sc3ccccc3c2Cl)CCC1C(=O)O. The summed E-state index contributed by atoms with van der Waals surface area (Å²) < 4.78 is 0.915. The van der Waals surface area contributed by atoms with Gasteiger partial charge < -0.3 is 15.3 Å². The predicted molar refractivity (Wildman–Crippen MR) is 101 cm³/mol. The van der Waals surface area contributed by atoms with Gasteiger partial charge in [-0.3, -0.25) is 14.4 Å². The van der Waals surface area contributed by atoms with Crippen LogP contribution in [0.2, 0.25) is 5.02 Å². The molecule has 1 aliphatic heterocycles. The van der Waals surface area contributed by atoms with E-state index >= 15 is 0 Å². The Balaban J connectivity index is 1.60. The summed E-state index contributed by atoms with van der Waals surface area (Å²) in [4.78, 5) is 37.9. The topological polar surface area (TPSA) is 86.7 Å². The van der Waals surface area contributed by atoms with Crippen molar-refractivity contribution in [2.75, 3.05) is 19.6 Å². The van der Waals surface area contributed by atoms with E-state index in [1.54, 1.807) is 4.90 Å². The molecule has 0 radical (unpaired) electrons. The summed E-state index contributed by atoms with van der Waals surface area (Å²) in [6, 6.07) is 7.47. The molecule has 0 saturated carbocycles.